The number of sulfone groups is 1. The van der Waals surface area contributed by atoms with Crippen LogP contribution in [0, 0.1) is 0 Å². The summed E-state index contributed by atoms with van der Waals surface area (Å²) < 4.78 is 29.5. The molecule has 1 aliphatic heterocycles. The smallest absolute Gasteiger partial charge is 0.178 e. The van der Waals surface area contributed by atoms with E-state index >= 15 is 0 Å². The third kappa shape index (κ3) is 3.71. The molecular formula is C14H21NO4S. The summed E-state index contributed by atoms with van der Waals surface area (Å²) in [5.74, 6) is 0.594. The molecule has 5 nitrogen and oxygen atoms in total. The molecule has 0 aliphatic carbocycles. The number of rotatable bonds is 5. The Kier molecular flexibility index (Phi) is 4.67. The van der Waals surface area contributed by atoms with E-state index in [1.54, 1.807) is 24.3 Å². The van der Waals surface area contributed by atoms with Gasteiger partial charge in [-0.15, -0.1) is 0 Å². The van der Waals surface area contributed by atoms with Gasteiger partial charge < -0.3 is 15.2 Å². The SMILES string of the molecule is COc1ccc(S(=O)(=O)CCC2(O)CCNCC2)cc1. The van der Waals surface area contributed by atoms with E-state index in [2.05, 4.69) is 5.32 Å². The molecule has 0 unspecified atom stereocenters. The molecule has 0 amide bonds. The summed E-state index contributed by atoms with van der Waals surface area (Å²) in [6.45, 7) is 1.47. The van der Waals surface area contributed by atoms with Crippen molar-refractivity contribution in [2.24, 2.45) is 0 Å². The van der Waals surface area contributed by atoms with Gasteiger partial charge >= 0.3 is 0 Å². The summed E-state index contributed by atoms with van der Waals surface area (Å²) in [5.41, 5.74) is -0.856. The molecule has 1 aliphatic rings. The van der Waals surface area contributed by atoms with Crippen molar-refractivity contribution in [2.45, 2.75) is 29.8 Å². The Morgan fingerprint density at radius 1 is 1.25 bits per heavy atom. The number of benzene rings is 1. The zero-order chi connectivity index (χ0) is 14.6. The molecule has 20 heavy (non-hydrogen) atoms. The first-order valence-corrected chi connectivity index (χ1v) is 8.40. The summed E-state index contributed by atoms with van der Waals surface area (Å²) in [6, 6.07) is 6.35. The number of ether oxygens (including phenoxy) is 1. The normalized spacial score (nSPS) is 18.7. The Bertz CT molecular complexity index is 533. The van der Waals surface area contributed by atoms with Crippen molar-refractivity contribution in [2.75, 3.05) is 26.0 Å². The zero-order valence-electron chi connectivity index (χ0n) is 11.6. The molecular weight excluding hydrogens is 278 g/mol. The van der Waals surface area contributed by atoms with Gasteiger partial charge in [0.1, 0.15) is 5.75 Å². The highest BCUT2D eigenvalue weighted by Crippen LogP contribution is 2.25. The first kappa shape index (κ1) is 15.3. The van der Waals surface area contributed by atoms with E-state index < -0.39 is 15.4 Å². The van der Waals surface area contributed by atoms with Gasteiger partial charge in [0, 0.05) is 0 Å². The fraction of sp³-hybridized carbons (Fsp3) is 0.571. The van der Waals surface area contributed by atoms with Crippen LogP contribution in [0.1, 0.15) is 19.3 Å². The molecule has 112 valence electrons. The van der Waals surface area contributed by atoms with Crippen LogP contribution in [0.3, 0.4) is 0 Å². The van der Waals surface area contributed by atoms with E-state index in [1.165, 1.54) is 7.11 Å². The lowest BCUT2D eigenvalue weighted by molar-refractivity contribution is 0.00768. The van der Waals surface area contributed by atoms with Gasteiger partial charge in [-0.2, -0.15) is 0 Å². The highest BCUT2D eigenvalue weighted by molar-refractivity contribution is 7.91. The van der Waals surface area contributed by atoms with Crippen molar-refractivity contribution >= 4 is 9.84 Å². The van der Waals surface area contributed by atoms with Crippen molar-refractivity contribution in [3.63, 3.8) is 0 Å². The quantitative estimate of drug-likeness (QED) is 0.847. The second-order valence-electron chi connectivity index (χ2n) is 5.22. The molecule has 1 aromatic rings. The summed E-state index contributed by atoms with van der Waals surface area (Å²) in [4.78, 5) is 0.274. The fourth-order valence-electron chi connectivity index (χ4n) is 2.37. The Labute approximate surface area is 119 Å². The third-order valence-corrected chi connectivity index (χ3v) is 5.52. The second-order valence-corrected chi connectivity index (χ2v) is 7.33. The molecule has 0 spiro atoms. The van der Waals surface area contributed by atoms with Crippen molar-refractivity contribution in [3.8, 4) is 5.75 Å². The zero-order valence-corrected chi connectivity index (χ0v) is 12.4. The van der Waals surface area contributed by atoms with E-state index in [0.717, 1.165) is 13.1 Å². The maximum absolute atomic E-state index is 12.2. The van der Waals surface area contributed by atoms with Gasteiger partial charge in [-0.3, -0.25) is 0 Å². The maximum atomic E-state index is 12.2. The Morgan fingerprint density at radius 3 is 2.40 bits per heavy atom. The number of hydrogen-bond acceptors (Lipinski definition) is 5. The van der Waals surface area contributed by atoms with E-state index in [9.17, 15) is 13.5 Å². The standard InChI is InChI=1S/C14H21NO4S/c1-19-12-2-4-13(5-3-12)20(17,18)11-8-14(16)6-9-15-10-7-14/h2-5,15-16H,6-11H2,1H3. The molecule has 6 heteroatoms. The Morgan fingerprint density at radius 2 is 1.85 bits per heavy atom. The minimum Gasteiger partial charge on any atom is -0.497 e. The molecule has 0 saturated carbocycles. The highest BCUT2D eigenvalue weighted by Gasteiger charge is 2.31. The lowest BCUT2D eigenvalue weighted by Gasteiger charge is -2.32. The number of nitrogens with one attached hydrogen (secondary N) is 1. The molecule has 0 bridgehead atoms. The number of hydrogen-bond donors (Lipinski definition) is 2. The Hall–Kier alpha value is -1.11. The second kappa shape index (κ2) is 6.11. The Balaban J connectivity index is 2.02. The van der Waals surface area contributed by atoms with Crippen LogP contribution in [0.5, 0.6) is 5.75 Å². The predicted molar refractivity (Wildman–Crippen MR) is 76.7 cm³/mol. The highest BCUT2D eigenvalue weighted by atomic mass is 32.2. The molecule has 1 fully saturated rings. The predicted octanol–water partition coefficient (Wildman–Crippen LogP) is 0.973. The van der Waals surface area contributed by atoms with Crippen LogP contribution in [-0.2, 0) is 9.84 Å². The van der Waals surface area contributed by atoms with E-state index in [-0.39, 0.29) is 17.1 Å². The summed E-state index contributed by atoms with van der Waals surface area (Å²) in [6.07, 6.45) is 1.49. The van der Waals surface area contributed by atoms with Crippen molar-refractivity contribution in [1.29, 1.82) is 0 Å². The molecule has 2 rings (SSSR count). The van der Waals surface area contributed by atoms with E-state index in [0.29, 0.717) is 18.6 Å². The summed E-state index contributed by atoms with van der Waals surface area (Å²) >= 11 is 0. The average molecular weight is 299 g/mol. The lowest BCUT2D eigenvalue weighted by atomic mass is 9.90. The first-order chi connectivity index (χ1) is 9.45. The summed E-state index contributed by atoms with van der Waals surface area (Å²) in [5, 5.41) is 13.5. The van der Waals surface area contributed by atoms with Crippen molar-refractivity contribution in [3.05, 3.63) is 24.3 Å². The van der Waals surface area contributed by atoms with Gasteiger partial charge in [-0.1, -0.05) is 0 Å². The van der Waals surface area contributed by atoms with Gasteiger partial charge in [-0.25, -0.2) is 8.42 Å². The number of aliphatic hydroxyl groups is 1. The first-order valence-electron chi connectivity index (χ1n) is 6.75. The monoisotopic (exact) mass is 299 g/mol. The van der Waals surface area contributed by atoms with Gasteiger partial charge in [0.2, 0.25) is 0 Å². The number of piperidine rings is 1. The van der Waals surface area contributed by atoms with E-state index in [4.69, 9.17) is 4.74 Å². The minimum absolute atomic E-state index is 0.0319. The van der Waals surface area contributed by atoms with Crippen LogP contribution in [0.25, 0.3) is 0 Å². The van der Waals surface area contributed by atoms with Crippen LogP contribution in [-0.4, -0.2) is 45.1 Å². The number of methoxy groups -OCH3 is 1. The molecule has 0 atom stereocenters. The maximum Gasteiger partial charge on any atom is 0.178 e. The topological polar surface area (TPSA) is 75.6 Å². The molecule has 2 N–H and O–H groups in total. The molecule has 1 saturated heterocycles. The molecule has 1 aromatic carbocycles. The van der Waals surface area contributed by atoms with Crippen LogP contribution in [0.15, 0.2) is 29.2 Å². The van der Waals surface area contributed by atoms with Crippen LogP contribution in [0.4, 0.5) is 0 Å². The van der Waals surface area contributed by atoms with Gasteiger partial charge in [0.15, 0.2) is 9.84 Å². The molecule has 1 heterocycles. The van der Waals surface area contributed by atoms with Crippen molar-refractivity contribution < 1.29 is 18.3 Å². The molecule has 0 aromatic heterocycles. The van der Waals surface area contributed by atoms with Gasteiger partial charge in [0.25, 0.3) is 0 Å². The summed E-state index contributed by atoms with van der Waals surface area (Å²) in [7, 11) is -1.82. The van der Waals surface area contributed by atoms with E-state index in [1.807, 2.05) is 0 Å². The van der Waals surface area contributed by atoms with Crippen LogP contribution >= 0.6 is 0 Å². The third-order valence-electron chi connectivity index (χ3n) is 3.79. The fourth-order valence-corrected chi connectivity index (χ4v) is 3.80. The van der Waals surface area contributed by atoms with Crippen LogP contribution in [0.2, 0.25) is 0 Å². The van der Waals surface area contributed by atoms with Crippen LogP contribution < -0.4 is 10.1 Å². The van der Waals surface area contributed by atoms with Crippen molar-refractivity contribution in [1.82, 2.24) is 5.32 Å². The molecule has 0 radical (unpaired) electrons. The van der Waals surface area contributed by atoms with Gasteiger partial charge in [-0.05, 0) is 56.6 Å². The largest absolute Gasteiger partial charge is 0.497 e. The average Bonchev–Trinajstić information content (AvgIpc) is 2.46. The minimum atomic E-state index is -3.36. The lowest BCUT2D eigenvalue weighted by Crippen LogP contribution is -2.42. The van der Waals surface area contributed by atoms with Gasteiger partial charge in [0.05, 0.1) is 23.4 Å².